The number of hydrogen-bond donors (Lipinski definition) is 1. The first-order valence-corrected chi connectivity index (χ1v) is 14.1. The van der Waals surface area contributed by atoms with Gasteiger partial charge < -0.3 is 9.80 Å². The molecule has 1 fully saturated rings. The van der Waals surface area contributed by atoms with Crippen molar-refractivity contribution in [2.75, 3.05) is 36.0 Å². The van der Waals surface area contributed by atoms with Gasteiger partial charge in [0.15, 0.2) is 5.54 Å². The van der Waals surface area contributed by atoms with Crippen LogP contribution in [0, 0.1) is 28.8 Å². The molecule has 3 aromatic carbocycles. The molecule has 1 aliphatic heterocycles. The largest absolute Gasteiger partial charge is 0.368 e. The van der Waals surface area contributed by atoms with E-state index in [1.807, 2.05) is 40.3 Å². The highest BCUT2D eigenvalue weighted by atomic mass is 19.3. The second-order valence-electron chi connectivity index (χ2n) is 10.9. The first kappa shape index (κ1) is 30.4. The van der Waals surface area contributed by atoms with Crippen LogP contribution in [0.5, 0.6) is 0 Å². The van der Waals surface area contributed by atoms with E-state index in [9.17, 15) is 18.0 Å². The van der Waals surface area contributed by atoms with Crippen LogP contribution in [0.15, 0.2) is 83.8 Å². The van der Waals surface area contributed by atoms with Crippen molar-refractivity contribution in [3.63, 3.8) is 0 Å². The maximum absolute atomic E-state index is 16.3. The zero-order chi connectivity index (χ0) is 32.6. The minimum absolute atomic E-state index is 0.00304. The number of nitrogens with one attached hydrogen (secondary N) is 1. The van der Waals surface area contributed by atoms with Gasteiger partial charge in [-0.15, -0.1) is 0 Å². The number of H-pyrrole nitrogens is 1. The maximum atomic E-state index is 16.3. The number of halogens is 5. The second-order valence-corrected chi connectivity index (χ2v) is 10.9. The van der Waals surface area contributed by atoms with Crippen molar-refractivity contribution in [1.82, 2.24) is 25.2 Å². The molecular formula is C32H25F5N8O. The van der Waals surface area contributed by atoms with Crippen molar-refractivity contribution < 1.29 is 22.0 Å². The van der Waals surface area contributed by atoms with E-state index >= 15 is 8.78 Å². The van der Waals surface area contributed by atoms with E-state index in [1.165, 1.54) is 24.4 Å². The number of benzene rings is 3. The normalized spacial score (nSPS) is 15.0. The van der Waals surface area contributed by atoms with Gasteiger partial charge in [-0.25, -0.2) is 23.1 Å². The lowest BCUT2D eigenvalue weighted by Crippen LogP contribution is -2.52. The van der Waals surface area contributed by atoms with Gasteiger partial charge >= 0.3 is 11.6 Å². The summed E-state index contributed by atoms with van der Waals surface area (Å²) in [6.07, 6.45) is 1.25. The fraction of sp³-hybridized carbons (Fsp3) is 0.219. The number of nitrogens with zero attached hydrogens (tertiary/aromatic N) is 7. The van der Waals surface area contributed by atoms with Gasteiger partial charge in [0.1, 0.15) is 29.2 Å². The molecule has 46 heavy (non-hydrogen) atoms. The Labute approximate surface area is 259 Å². The maximum Gasteiger partial charge on any atom is 0.362 e. The van der Waals surface area contributed by atoms with Crippen molar-refractivity contribution in [2.45, 2.75) is 18.4 Å². The molecule has 1 aliphatic rings. The van der Waals surface area contributed by atoms with E-state index in [4.69, 9.17) is 5.26 Å². The molecule has 0 aliphatic carbocycles. The third kappa shape index (κ3) is 5.23. The van der Waals surface area contributed by atoms with Crippen LogP contribution in [0.2, 0.25) is 0 Å². The Balaban J connectivity index is 1.20. The Kier molecular flexibility index (Phi) is 7.77. The molecule has 234 valence electrons. The van der Waals surface area contributed by atoms with Crippen LogP contribution in [-0.2, 0) is 11.5 Å². The van der Waals surface area contributed by atoms with Crippen LogP contribution < -0.4 is 15.5 Å². The standard InChI is InChI=1S/C32H25F5N8O/c1-31(45-30(46)40-41-42-45,26-10-6-23(33)16-28(26)35)32(36,37)29-11-5-22(19-39-29)20-2-7-24(8-3-20)43-12-14-44(15-13-43)25-9-4-21(18-38)27(34)17-25/h2-11,16-17,19H,12-15H2,1H3,(H,40,42,46)/t31-/m1/s1. The quantitative estimate of drug-likeness (QED) is 0.246. The number of piperazine rings is 1. The summed E-state index contributed by atoms with van der Waals surface area (Å²) < 4.78 is 75.6. The molecule has 1 saturated heterocycles. The fourth-order valence-electron chi connectivity index (χ4n) is 5.67. The van der Waals surface area contributed by atoms with E-state index in [-0.39, 0.29) is 5.56 Å². The van der Waals surface area contributed by atoms with Gasteiger partial charge in [-0.3, -0.25) is 4.98 Å². The minimum Gasteiger partial charge on any atom is -0.368 e. The van der Waals surface area contributed by atoms with E-state index in [2.05, 4.69) is 20.3 Å². The molecule has 0 radical (unpaired) electrons. The Hall–Kier alpha value is -5.58. The number of aromatic amines is 1. The molecule has 6 rings (SSSR count). The summed E-state index contributed by atoms with van der Waals surface area (Å²) in [5.41, 5.74) is -2.43. The summed E-state index contributed by atoms with van der Waals surface area (Å²) in [6, 6.07) is 18.5. The third-order valence-corrected chi connectivity index (χ3v) is 8.33. The Morgan fingerprint density at radius 2 is 1.48 bits per heavy atom. The highest BCUT2D eigenvalue weighted by molar-refractivity contribution is 5.66. The first-order valence-electron chi connectivity index (χ1n) is 14.1. The van der Waals surface area contributed by atoms with Crippen molar-refractivity contribution in [3.05, 3.63) is 124 Å². The number of alkyl halides is 2. The van der Waals surface area contributed by atoms with Gasteiger partial charge in [0.25, 0.3) is 0 Å². The third-order valence-electron chi connectivity index (χ3n) is 8.33. The number of tetrazole rings is 1. The molecule has 1 atom stereocenters. The zero-order valence-corrected chi connectivity index (χ0v) is 24.3. The predicted octanol–water partition coefficient (Wildman–Crippen LogP) is 5.20. The molecule has 0 spiro atoms. The molecule has 0 saturated carbocycles. The van der Waals surface area contributed by atoms with E-state index in [1.54, 1.807) is 6.07 Å². The molecule has 0 amide bonds. The van der Waals surface area contributed by atoms with E-state index < -0.39 is 45.9 Å². The average molecular weight is 633 g/mol. The van der Waals surface area contributed by atoms with Gasteiger partial charge in [0, 0.05) is 60.9 Å². The number of pyridine rings is 1. The summed E-state index contributed by atoms with van der Waals surface area (Å²) in [5, 5.41) is 17.6. The predicted molar refractivity (Wildman–Crippen MR) is 159 cm³/mol. The van der Waals surface area contributed by atoms with Crippen LogP contribution in [-0.4, -0.2) is 51.4 Å². The van der Waals surface area contributed by atoms with Crippen molar-refractivity contribution >= 4 is 11.4 Å². The summed E-state index contributed by atoms with van der Waals surface area (Å²) in [7, 11) is 0. The van der Waals surface area contributed by atoms with Crippen LogP contribution >= 0.6 is 0 Å². The lowest BCUT2D eigenvalue weighted by molar-refractivity contribution is -0.104. The molecule has 14 heteroatoms. The number of hydrogen-bond acceptors (Lipinski definition) is 7. The Morgan fingerprint density at radius 3 is 2.04 bits per heavy atom. The zero-order valence-electron chi connectivity index (χ0n) is 24.3. The van der Waals surface area contributed by atoms with Gasteiger partial charge in [-0.1, -0.05) is 24.3 Å². The van der Waals surface area contributed by atoms with Gasteiger partial charge in [-0.2, -0.15) is 18.7 Å². The second kappa shape index (κ2) is 11.7. The topological polar surface area (TPSA) is 107 Å². The molecular weight excluding hydrogens is 607 g/mol. The molecule has 1 N–H and O–H groups in total. The van der Waals surface area contributed by atoms with Gasteiger partial charge in [-0.05, 0) is 65.4 Å². The van der Waals surface area contributed by atoms with Gasteiger partial charge in [0.2, 0.25) is 0 Å². The van der Waals surface area contributed by atoms with Gasteiger partial charge in [0.05, 0.1) is 5.56 Å². The average Bonchev–Trinajstić information content (AvgIpc) is 3.50. The van der Waals surface area contributed by atoms with Crippen LogP contribution in [0.3, 0.4) is 0 Å². The minimum atomic E-state index is -4.01. The fourth-order valence-corrected chi connectivity index (χ4v) is 5.67. The lowest BCUT2D eigenvalue weighted by Gasteiger charge is -2.37. The lowest BCUT2D eigenvalue weighted by atomic mass is 9.83. The number of aromatic nitrogens is 5. The monoisotopic (exact) mass is 632 g/mol. The highest BCUT2D eigenvalue weighted by Gasteiger charge is 2.58. The van der Waals surface area contributed by atoms with E-state index in [0.717, 1.165) is 30.8 Å². The molecule has 0 unspecified atom stereocenters. The number of nitriles is 1. The SMILES string of the molecule is C[C@](c1ccc(F)cc1F)(n1nn[nH]c1=O)C(F)(F)c1ccc(-c2ccc(N3CCN(c4ccc(C#N)c(F)c4)CC3)cc2)cn1. The summed E-state index contributed by atoms with van der Waals surface area (Å²) in [4.78, 5) is 20.6. The van der Waals surface area contributed by atoms with Crippen molar-refractivity contribution in [3.8, 4) is 17.2 Å². The summed E-state index contributed by atoms with van der Waals surface area (Å²) >= 11 is 0. The van der Waals surface area contributed by atoms with Crippen molar-refractivity contribution in [1.29, 1.82) is 5.26 Å². The number of anilines is 2. The van der Waals surface area contributed by atoms with Crippen LogP contribution in [0.4, 0.5) is 33.3 Å². The first-order chi connectivity index (χ1) is 22.0. The highest BCUT2D eigenvalue weighted by Crippen LogP contribution is 2.47. The van der Waals surface area contributed by atoms with Crippen LogP contribution in [0.25, 0.3) is 11.1 Å². The smallest absolute Gasteiger partial charge is 0.362 e. The summed E-state index contributed by atoms with van der Waals surface area (Å²) in [6.45, 7) is 3.55. The Morgan fingerprint density at radius 1 is 0.826 bits per heavy atom. The summed E-state index contributed by atoms with van der Waals surface area (Å²) in [5.74, 6) is -6.83. The van der Waals surface area contributed by atoms with E-state index in [0.29, 0.717) is 53.7 Å². The van der Waals surface area contributed by atoms with Crippen LogP contribution in [0.1, 0.15) is 23.7 Å². The number of rotatable bonds is 7. The Bertz CT molecular complexity index is 1980. The molecule has 9 nitrogen and oxygen atoms in total. The molecule has 3 heterocycles. The molecule has 2 aromatic heterocycles. The molecule has 5 aromatic rings. The van der Waals surface area contributed by atoms with Crippen molar-refractivity contribution in [2.24, 2.45) is 0 Å². The molecule has 0 bridgehead atoms.